The van der Waals surface area contributed by atoms with E-state index in [-0.39, 0.29) is 13.2 Å². The van der Waals surface area contributed by atoms with Crippen molar-refractivity contribution in [2.24, 2.45) is 0 Å². The Kier molecular flexibility index (Phi) is 6.46. The third kappa shape index (κ3) is 6.02. The van der Waals surface area contributed by atoms with Gasteiger partial charge in [0.25, 0.3) is 0 Å². The minimum Gasteiger partial charge on any atom is -0.300 e. The number of carbonyl (C=O) groups excluding carboxylic acids is 1. The number of phosphoric acid groups is 1. The van der Waals surface area contributed by atoms with Crippen LogP contribution < -0.4 is 0 Å². The van der Waals surface area contributed by atoms with Crippen LogP contribution in [-0.4, -0.2) is 11.9 Å². The summed E-state index contributed by atoms with van der Waals surface area (Å²) in [4.78, 5) is 11.1. The molecule has 5 nitrogen and oxygen atoms in total. The maximum atomic E-state index is 12.9. The van der Waals surface area contributed by atoms with Gasteiger partial charge in [-0.15, -0.1) is 0 Å². The van der Waals surface area contributed by atoms with Gasteiger partial charge in [-0.1, -0.05) is 60.7 Å². The van der Waals surface area contributed by atoms with Crippen molar-refractivity contribution >= 4 is 14.1 Å². The molecule has 0 unspecified atom stereocenters. The zero-order chi connectivity index (χ0) is 17.5. The lowest BCUT2D eigenvalue weighted by molar-refractivity contribution is -0.120. The first-order chi connectivity index (χ1) is 11.4. The van der Waals surface area contributed by atoms with E-state index in [1.54, 1.807) is 0 Å². The van der Waals surface area contributed by atoms with E-state index in [1.165, 1.54) is 13.8 Å². The van der Waals surface area contributed by atoms with E-state index in [0.717, 1.165) is 11.1 Å². The molecule has 2 aromatic carbocycles. The lowest BCUT2D eigenvalue weighted by Crippen LogP contribution is -2.25. The number of rotatable bonds is 9. The van der Waals surface area contributed by atoms with E-state index in [2.05, 4.69) is 0 Å². The average Bonchev–Trinajstić information content (AvgIpc) is 2.60. The molecule has 0 aromatic heterocycles. The molecule has 0 heterocycles. The SMILES string of the molecule is CC(C)(C=O)OP(=O)(OCc1ccccc1)OCc1ccccc1. The molecule has 0 atom stereocenters. The van der Waals surface area contributed by atoms with Crippen molar-refractivity contribution in [1.29, 1.82) is 0 Å². The quantitative estimate of drug-likeness (QED) is 0.492. The van der Waals surface area contributed by atoms with Crippen LogP contribution >= 0.6 is 7.82 Å². The lowest BCUT2D eigenvalue weighted by atomic mass is 10.2. The molecule has 128 valence electrons. The summed E-state index contributed by atoms with van der Waals surface area (Å²) in [7, 11) is -3.92. The Balaban J connectivity index is 2.08. The zero-order valence-electron chi connectivity index (χ0n) is 13.8. The second-order valence-corrected chi connectivity index (χ2v) is 7.37. The van der Waals surface area contributed by atoms with E-state index >= 15 is 0 Å². The van der Waals surface area contributed by atoms with Crippen LogP contribution in [0.3, 0.4) is 0 Å². The van der Waals surface area contributed by atoms with Gasteiger partial charge in [-0.3, -0.25) is 13.6 Å². The van der Waals surface area contributed by atoms with Crippen molar-refractivity contribution in [3.8, 4) is 0 Å². The topological polar surface area (TPSA) is 61.8 Å². The number of hydrogen-bond acceptors (Lipinski definition) is 5. The molecular weight excluding hydrogens is 327 g/mol. The molecular formula is C18H21O5P. The van der Waals surface area contributed by atoms with Crippen LogP contribution in [0.4, 0.5) is 0 Å². The summed E-state index contributed by atoms with van der Waals surface area (Å²) in [5.41, 5.74) is 0.380. The average molecular weight is 348 g/mol. The highest BCUT2D eigenvalue weighted by atomic mass is 31.2. The van der Waals surface area contributed by atoms with Crippen LogP contribution in [0, 0.1) is 0 Å². The van der Waals surface area contributed by atoms with Crippen molar-refractivity contribution in [1.82, 2.24) is 0 Å². The fourth-order valence-electron chi connectivity index (χ4n) is 1.86. The molecule has 0 bridgehead atoms. The second-order valence-electron chi connectivity index (χ2n) is 5.78. The Labute approximate surface area is 142 Å². The number of hydrogen-bond donors (Lipinski definition) is 0. The van der Waals surface area contributed by atoms with Crippen LogP contribution in [0.5, 0.6) is 0 Å². The van der Waals surface area contributed by atoms with Gasteiger partial charge in [0, 0.05) is 0 Å². The maximum absolute atomic E-state index is 12.9. The number of carbonyl (C=O) groups is 1. The first kappa shape index (κ1) is 18.6. The van der Waals surface area contributed by atoms with E-state index < -0.39 is 13.4 Å². The summed E-state index contributed by atoms with van der Waals surface area (Å²) in [6.45, 7) is 3.12. The highest BCUT2D eigenvalue weighted by molar-refractivity contribution is 7.48. The molecule has 0 saturated carbocycles. The van der Waals surface area contributed by atoms with Gasteiger partial charge in [-0.05, 0) is 25.0 Å². The van der Waals surface area contributed by atoms with Crippen molar-refractivity contribution < 1.29 is 22.9 Å². The molecule has 0 fully saturated rings. The minimum absolute atomic E-state index is 0.0574. The van der Waals surface area contributed by atoms with Gasteiger partial charge >= 0.3 is 7.82 Å². The van der Waals surface area contributed by atoms with Gasteiger partial charge in [-0.2, -0.15) is 0 Å². The monoisotopic (exact) mass is 348 g/mol. The van der Waals surface area contributed by atoms with Gasteiger partial charge in [0.1, 0.15) is 5.60 Å². The fourth-order valence-corrected chi connectivity index (χ4v) is 3.27. The molecule has 2 aromatic rings. The van der Waals surface area contributed by atoms with E-state index in [4.69, 9.17) is 13.6 Å². The Morgan fingerprint density at radius 3 is 1.67 bits per heavy atom. The highest BCUT2D eigenvalue weighted by Crippen LogP contribution is 2.53. The molecule has 2 rings (SSSR count). The maximum Gasteiger partial charge on any atom is 0.476 e. The molecule has 0 aliphatic heterocycles. The predicted octanol–water partition coefficient (Wildman–Crippen LogP) is 4.52. The highest BCUT2D eigenvalue weighted by Gasteiger charge is 2.35. The zero-order valence-corrected chi connectivity index (χ0v) is 14.6. The molecule has 0 spiro atoms. The molecule has 6 heteroatoms. The normalized spacial score (nSPS) is 12.1. The summed E-state index contributed by atoms with van der Waals surface area (Å²) >= 11 is 0. The molecule has 0 amide bonds. The molecule has 24 heavy (non-hydrogen) atoms. The van der Waals surface area contributed by atoms with Crippen molar-refractivity contribution in [3.05, 3.63) is 71.8 Å². The van der Waals surface area contributed by atoms with E-state index in [0.29, 0.717) is 6.29 Å². The van der Waals surface area contributed by atoms with Crippen molar-refractivity contribution in [2.75, 3.05) is 0 Å². The van der Waals surface area contributed by atoms with Gasteiger partial charge in [-0.25, -0.2) is 4.57 Å². The Bertz CT molecular complexity index is 638. The van der Waals surface area contributed by atoms with Gasteiger partial charge in [0.05, 0.1) is 13.2 Å². The van der Waals surface area contributed by atoms with E-state index in [1.807, 2.05) is 60.7 Å². The molecule has 0 radical (unpaired) electrons. The minimum atomic E-state index is -3.92. The summed E-state index contributed by atoms with van der Waals surface area (Å²) in [6.07, 6.45) is 0.567. The van der Waals surface area contributed by atoms with Gasteiger partial charge < -0.3 is 4.79 Å². The molecule has 0 N–H and O–H groups in total. The largest absolute Gasteiger partial charge is 0.476 e. The number of benzene rings is 2. The van der Waals surface area contributed by atoms with Crippen LogP contribution in [-0.2, 0) is 36.1 Å². The molecule has 0 saturated heterocycles. The first-order valence-electron chi connectivity index (χ1n) is 7.56. The summed E-state index contributed by atoms with van der Waals surface area (Å²) in [5, 5.41) is 0. The van der Waals surface area contributed by atoms with Crippen molar-refractivity contribution in [3.63, 3.8) is 0 Å². The smallest absolute Gasteiger partial charge is 0.300 e. The first-order valence-corrected chi connectivity index (χ1v) is 9.03. The van der Waals surface area contributed by atoms with Crippen LogP contribution in [0.25, 0.3) is 0 Å². The van der Waals surface area contributed by atoms with Crippen LogP contribution in [0.2, 0.25) is 0 Å². The Morgan fingerprint density at radius 1 is 0.875 bits per heavy atom. The van der Waals surface area contributed by atoms with Gasteiger partial charge in [0.15, 0.2) is 6.29 Å². The van der Waals surface area contributed by atoms with Gasteiger partial charge in [0.2, 0.25) is 0 Å². The predicted molar refractivity (Wildman–Crippen MR) is 91.3 cm³/mol. The second kappa shape index (κ2) is 8.36. The molecule has 0 aliphatic carbocycles. The summed E-state index contributed by atoms with van der Waals surface area (Å²) < 4.78 is 29.1. The number of aldehydes is 1. The summed E-state index contributed by atoms with van der Waals surface area (Å²) in [5.74, 6) is 0. The third-order valence-corrected chi connectivity index (χ3v) is 4.68. The standard InChI is InChI=1S/C18H21O5P/c1-18(2,15-19)23-24(20,21-13-16-9-5-3-6-10-16)22-14-17-11-7-4-8-12-17/h3-12,15H,13-14H2,1-2H3. The Hall–Kier alpha value is -1.78. The van der Waals surface area contributed by atoms with Crippen LogP contribution in [0.15, 0.2) is 60.7 Å². The lowest BCUT2D eigenvalue weighted by Gasteiger charge is -2.25. The molecule has 0 aliphatic rings. The summed E-state index contributed by atoms with van der Waals surface area (Å²) in [6, 6.07) is 18.5. The number of phosphoric ester groups is 1. The third-order valence-electron chi connectivity index (χ3n) is 3.10. The van der Waals surface area contributed by atoms with Crippen LogP contribution in [0.1, 0.15) is 25.0 Å². The fraction of sp³-hybridized carbons (Fsp3) is 0.278. The Morgan fingerprint density at radius 2 is 1.29 bits per heavy atom. The van der Waals surface area contributed by atoms with Crippen molar-refractivity contribution in [2.45, 2.75) is 32.7 Å². The van der Waals surface area contributed by atoms with E-state index in [9.17, 15) is 9.36 Å².